The highest BCUT2D eigenvalue weighted by Crippen LogP contribution is 2.21. The standard InChI is InChI=1S/C16H19N3.HI/c1-3-11-18-16(17-2)19-12-9-15(10-13-19)14-7-5-4-6-8-14;/h1,4-9H,10-13H2,2H3,(H,17,18);1H. The van der Waals surface area contributed by atoms with Gasteiger partial charge in [-0.2, -0.15) is 0 Å². The molecule has 0 unspecified atom stereocenters. The molecule has 1 aromatic rings. The minimum absolute atomic E-state index is 0. The maximum Gasteiger partial charge on any atom is 0.194 e. The molecule has 0 atom stereocenters. The maximum atomic E-state index is 5.26. The van der Waals surface area contributed by atoms with E-state index in [0.717, 1.165) is 25.5 Å². The summed E-state index contributed by atoms with van der Waals surface area (Å²) in [5, 5.41) is 3.15. The summed E-state index contributed by atoms with van der Waals surface area (Å²) in [5.74, 6) is 3.45. The average Bonchev–Trinajstić information content (AvgIpc) is 2.49. The van der Waals surface area contributed by atoms with Crippen LogP contribution in [0.2, 0.25) is 0 Å². The second-order valence-corrected chi connectivity index (χ2v) is 4.40. The first-order valence-corrected chi connectivity index (χ1v) is 6.48. The average molecular weight is 381 g/mol. The van der Waals surface area contributed by atoms with E-state index in [4.69, 9.17) is 6.42 Å². The zero-order chi connectivity index (χ0) is 13.5. The smallest absolute Gasteiger partial charge is 0.194 e. The highest BCUT2D eigenvalue weighted by Gasteiger charge is 2.15. The lowest BCUT2D eigenvalue weighted by Crippen LogP contribution is -2.43. The van der Waals surface area contributed by atoms with E-state index >= 15 is 0 Å². The fourth-order valence-electron chi connectivity index (χ4n) is 2.24. The summed E-state index contributed by atoms with van der Waals surface area (Å²) in [4.78, 5) is 6.47. The van der Waals surface area contributed by atoms with Crippen LogP contribution in [-0.2, 0) is 0 Å². The molecule has 1 aromatic carbocycles. The van der Waals surface area contributed by atoms with Crippen LogP contribution < -0.4 is 5.32 Å². The summed E-state index contributed by atoms with van der Waals surface area (Å²) < 4.78 is 0. The molecule has 1 heterocycles. The minimum atomic E-state index is 0. The molecular weight excluding hydrogens is 361 g/mol. The third kappa shape index (κ3) is 4.27. The van der Waals surface area contributed by atoms with Gasteiger partial charge in [-0.05, 0) is 17.6 Å². The van der Waals surface area contributed by atoms with Crippen molar-refractivity contribution < 1.29 is 0 Å². The van der Waals surface area contributed by atoms with Crippen molar-refractivity contribution in [1.29, 1.82) is 0 Å². The molecule has 4 heteroatoms. The molecule has 0 radical (unpaired) electrons. The summed E-state index contributed by atoms with van der Waals surface area (Å²) >= 11 is 0. The number of aliphatic imine (C=N–C) groups is 1. The summed E-state index contributed by atoms with van der Waals surface area (Å²) in [7, 11) is 1.79. The van der Waals surface area contributed by atoms with Crippen molar-refractivity contribution in [2.75, 3.05) is 26.7 Å². The van der Waals surface area contributed by atoms with Crippen molar-refractivity contribution in [3.8, 4) is 12.3 Å². The van der Waals surface area contributed by atoms with E-state index in [-0.39, 0.29) is 24.0 Å². The molecular formula is C16H20IN3. The second kappa shape index (κ2) is 8.64. The van der Waals surface area contributed by atoms with Gasteiger partial charge in [0.1, 0.15) is 0 Å². The highest BCUT2D eigenvalue weighted by molar-refractivity contribution is 14.0. The Labute approximate surface area is 138 Å². The van der Waals surface area contributed by atoms with Crippen LogP contribution in [-0.4, -0.2) is 37.5 Å². The Balaban J connectivity index is 0.00000200. The van der Waals surface area contributed by atoms with Gasteiger partial charge in [0.15, 0.2) is 5.96 Å². The molecule has 0 bridgehead atoms. The number of halogens is 1. The van der Waals surface area contributed by atoms with Crippen LogP contribution in [0.3, 0.4) is 0 Å². The lowest BCUT2D eigenvalue weighted by atomic mass is 10.00. The number of nitrogens with one attached hydrogen (secondary N) is 1. The molecule has 0 spiro atoms. The van der Waals surface area contributed by atoms with Gasteiger partial charge in [-0.15, -0.1) is 30.4 Å². The minimum Gasteiger partial charge on any atom is -0.345 e. The number of hydrogen-bond acceptors (Lipinski definition) is 1. The van der Waals surface area contributed by atoms with Crippen LogP contribution in [0.1, 0.15) is 12.0 Å². The van der Waals surface area contributed by atoms with Gasteiger partial charge in [0.2, 0.25) is 0 Å². The van der Waals surface area contributed by atoms with E-state index in [2.05, 4.69) is 51.5 Å². The van der Waals surface area contributed by atoms with Crippen LogP contribution in [0.5, 0.6) is 0 Å². The first-order chi connectivity index (χ1) is 9.35. The maximum absolute atomic E-state index is 5.26. The van der Waals surface area contributed by atoms with Gasteiger partial charge in [0.25, 0.3) is 0 Å². The Morgan fingerprint density at radius 3 is 2.70 bits per heavy atom. The van der Waals surface area contributed by atoms with Gasteiger partial charge in [-0.1, -0.05) is 42.3 Å². The van der Waals surface area contributed by atoms with Gasteiger partial charge >= 0.3 is 0 Å². The molecule has 1 aliphatic rings. The molecule has 0 aromatic heterocycles. The van der Waals surface area contributed by atoms with Crippen molar-refractivity contribution in [2.45, 2.75) is 6.42 Å². The fraction of sp³-hybridized carbons (Fsp3) is 0.312. The Bertz CT molecular complexity index is 514. The predicted octanol–water partition coefficient (Wildman–Crippen LogP) is 2.60. The number of rotatable bonds is 2. The summed E-state index contributed by atoms with van der Waals surface area (Å²) in [6.07, 6.45) is 8.56. The number of nitrogens with zero attached hydrogens (tertiary/aromatic N) is 2. The van der Waals surface area contributed by atoms with Crippen molar-refractivity contribution in [3.63, 3.8) is 0 Å². The lowest BCUT2D eigenvalue weighted by molar-refractivity contribution is 0.443. The molecule has 20 heavy (non-hydrogen) atoms. The van der Waals surface area contributed by atoms with Gasteiger partial charge in [0.05, 0.1) is 6.54 Å². The summed E-state index contributed by atoms with van der Waals surface area (Å²) in [6, 6.07) is 10.5. The van der Waals surface area contributed by atoms with Gasteiger partial charge in [0, 0.05) is 20.1 Å². The number of hydrogen-bond donors (Lipinski definition) is 1. The molecule has 0 amide bonds. The predicted molar refractivity (Wildman–Crippen MR) is 96.2 cm³/mol. The molecule has 0 saturated carbocycles. The Morgan fingerprint density at radius 2 is 2.15 bits per heavy atom. The van der Waals surface area contributed by atoms with E-state index in [0.29, 0.717) is 6.54 Å². The Kier molecular flexibility index (Phi) is 7.16. The van der Waals surface area contributed by atoms with Gasteiger partial charge in [-0.3, -0.25) is 4.99 Å². The van der Waals surface area contributed by atoms with Crippen LogP contribution in [0.15, 0.2) is 41.4 Å². The van der Waals surface area contributed by atoms with Gasteiger partial charge in [-0.25, -0.2) is 0 Å². The molecule has 1 aliphatic heterocycles. The fourth-order valence-corrected chi connectivity index (χ4v) is 2.24. The van der Waals surface area contributed by atoms with Gasteiger partial charge < -0.3 is 10.2 Å². The van der Waals surface area contributed by atoms with Crippen LogP contribution >= 0.6 is 24.0 Å². The van der Waals surface area contributed by atoms with E-state index < -0.39 is 0 Å². The molecule has 0 fully saturated rings. The first-order valence-electron chi connectivity index (χ1n) is 6.48. The van der Waals surface area contributed by atoms with Crippen molar-refractivity contribution >= 4 is 35.5 Å². The molecule has 106 valence electrons. The third-order valence-corrected chi connectivity index (χ3v) is 3.21. The topological polar surface area (TPSA) is 27.6 Å². The third-order valence-electron chi connectivity index (χ3n) is 3.21. The molecule has 1 N–H and O–H groups in total. The van der Waals surface area contributed by atoms with Crippen molar-refractivity contribution in [1.82, 2.24) is 10.2 Å². The molecule has 0 saturated heterocycles. The zero-order valence-corrected chi connectivity index (χ0v) is 14.0. The zero-order valence-electron chi connectivity index (χ0n) is 11.7. The normalized spacial score (nSPS) is 14.9. The Hall–Kier alpha value is -1.48. The lowest BCUT2D eigenvalue weighted by Gasteiger charge is -2.29. The highest BCUT2D eigenvalue weighted by atomic mass is 127. The molecule has 3 nitrogen and oxygen atoms in total. The molecule has 2 rings (SSSR count). The number of terminal acetylenes is 1. The number of benzene rings is 1. The van der Waals surface area contributed by atoms with Crippen molar-refractivity contribution in [2.24, 2.45) is 4.99 Å². The quantitative estimate of drug-likeness (QED) is 0.369. The van der Waals surface area contributed by atoms with Crippen molar-refractivity contribution in [3.05, 3.63) is 42.0 Å². The first kappa shape index (κ1) is 16.6. The summed E-state index contributed by atoms with van der Waals surface area (Å²) in [6.45, 7) is 2.35. The Morgan fingerprint density at radius 1 is 1.40 bits per heavy atom. The van der Waals surface area contributed by atoms with Crippen LogP contribution in [0, 0.1) is 12.3 Å². The molecule has 0 aliphatic carbocycles. The second-order valence-electron chi connectivity index (χ2n) is 4.40. The van der Waals surface area contributed by atoms with E-state index in [9.17, 15) is 0 Å². The van der Waals surface area contributed by atoms with E-state index in [1.165, 1.54) is 11.1 Å². The SMILES string of the molecule is C#CCNC(=NC)N1CC=C(c2ccccc2)CC1.I. The van der Waals surface area contributed by atoms with E-state index in [1.807, 2.05) is 6.07 Å². The van der Waals surface area contributed by atoms with Crippen LogP contribution in [0.4, 0.5) is 0 Å². The number of guanidine groups is 1. The monoisotopic (exact) mass is 381 g/mol. The van der Waals surface area contributed by atoms with Crippen LogP contribution in [0.25, 0.3) is 5.57 Å². The summed E-state index contributed by atoms with van der Waals surface area (Å²) in [5.41, 5.74) is 2.72. The largest absolute Gasteiger partial charge is 0.345 e. The van der Waals surface area contributed by atoms with E-state index in [1.54, 1.807) is 7.05 Å².